The molecule has 0 unspecified atom stereocenters. The first-order valence-corrected chi connectivity index (χ1v) is 6.42. The maximum Gasteiger partial charge on any atom is 0.280 e. The molecule has 0 aliphatic heterocycles. The summed E-state index contributed by atoms with van der Waals surface area (Å²) in [5, 5.41) is 13.4. The lowest BCUT2D eigenvalue weighted by Crippen LogP contribution is -2.13. The number of anilines is 1. The van der Waals surface area contributed by atoms with E-state index < -0.39 is 5.91 Å². The quantitative estimate of drug-likeness (QED) is 0.775. The van der Waals surface area contributed by atoms with Crippen molar-refractivity contribution in [3.05, 3.63) is 46.8 Å². The smallest absolute Gasteiger partial charge is 0.280 e. The van der Waals surface area contributed by atoms with E-state index in [2.05, 4.69) is 25.7 Å². The van der Waals surface area contributed by atoms with Crippen LogP contribution in [0.3, 0.4) is 0 Å². The first-order chi connectivity index (χ1) is 10.1. The lowest BCUT2D eigenvalue weighted by atomic mass is 10.2. The van der Waals surface area contributed by atoms with Crippen LogP contribution < -0.4 is 5.32 Å². The van der Waals surface area contributed by atoms with Gasteiger partial charge in [-0.15, -0.1) is 5.10 Å². The van der Waals surface area contributed by atoms with E-state index in [1.807, 2.05) is 6.07 Å². The van der Waals surface area contributed by atoms with Gasteiger partial charge in [-0.1, -0.05) is 28.9 Å². The highest BCUT2D eigenvalue weighted by Crippen LogP contribution is 2.20. The van der Waals surface area contributed by atoms with Crippen LogP contribution in [-0.2, 0) is 0 Å². The van der Waals surface area contributed by atoms with Gasteiger partial charge in [-0.25, -0.2) is 0 Å². The SMILES string of the molecule is Cc1cc(C(=O)Nc2n[nH]c(-c3cccc(Cl)c3)n2)no1. The van der Waals surface area contributed by atoms with Gasteiger partial charge < -0.3 is 4.52 Å². The minimum atomic E-state index is -0.441. The van der Waals surface area contributed by atoms with Crippen molar-refractivity contribution in [1.82, 2.24) is 20.3 Å². The summed E-state index contributed by atoms with van der Waals surface area (Å²) in [5.41, 5.74) is 0.939. The van der Waals surface area contributed by atoms with Crippen LogP contribution in [0.5, 0.6) is 0 Å². The number of hydrogen-bond acceptors (Lipinski definition) is 5. The van der Waals surface area contributed by atoms with Crippen LogP contribution in [0.1, 0.15) is 16.2 Å². The topological polar surface area (TPSA) is 96.7 Å². The highest BCUT2D eigenvalue weighted by atomic mass is 35.5. The summed E-state index contributed by atoms with van der Waals surface area (Å²) in [5.74, 6) is 0.762. The molecule has 2 heterocycles. The summed E-state index contributed by atoms with van der Waals surface area (Å²) >= 11 is 5.92. The molecule has 2 aromatic heterocycles. The third-order valence-corrected chi connectivity index (χ3v) is 2.90. The molecular weight excluding hydrogens is 294 g/mol. The highest BCUT2D eigenvalue weighted by molar-refractivity contribution is 6.30. The van der Waals surface area contributed by atoms with E-state index >= 15 is 0 Å². The standard InChI is InChI=1S/C13H10ClN5O2/c1-7-5-10(19-21-7)12(20)16-13-15-11(17-18-13)8-3-2-4-9(14)6-8/h2-6H,1H3,(H2,15,16,17,18,20). The summed E-state index contributed by atoms with van der Waals surface area (Å²) in [7, 11) is 0. The minimum Gasteiger partial charge on any atom is -0.361 e. The fraction of sp³-hybridized carbons (Fsp3) is 0.0769. The average molecular weight is 304 g/mol. The molecule has 2 N–H and O–H groups in total. The van der Waals surface area contributed by atoms with E-state index in [0.717, 1.165) is 5.56 Å². The van der Waals surface area contributed by atoms with Crippen molar-refractivity contribution in [1.29, 1.82) is 0 Å². The van der Waals surface area contributed by atoms with Gasteiger partial charge in [0.05, 0.1) is 0 Å². The van der Waals surface area contributed by atoms with Crippen molar-refractivity contribution in [2.45, 2.75) is 6.92 Å². The lowest BCUT2D eigenvalue weighted by molar-refractivity contribution is 0.101. The molecule has 1 aromatic carbocycles. The Morgan fingerprint density at radius 2 is 2.24 bits per heavy atom. The zero-order chi connectivity index (χ0) is 14.8. The molecule has 0 aliphatic rings. The molecule has 0 aliphatic carbocycles. The summed E-state index contributed by atoms with van der Waals surface area (Å²) in [6, 6.07) is 8.67. The van der Waals surface area contributed by atoms with Gasteiger partial charge in [-0.05, 0) is 19.1 Å². The summed E-state index contributed by atoms with van der Waals surface area (Å²) in [4.78, 5) is 16.1. The van der Waals surface area contributed by atoms with Crippen LogP contribution in [0.25, 0.3) is 11.4 Å². The third kappa shape index (κ3) is 2.92. The number of carbonyl (C=O) groups is 1. The Bertz CT molecular complexity index is 795. The molecule has 3 rings (SSSR count). The fourth-order valence-electron chi connectivity index (χ4n) is 1.72. The van der Waals surface area contributed by atoms with E-state index in [-0.39, 0.29) is 11.6 Å². The molecule has 0 fully saturated rings. The van der Waals surface area contributed by atoms with Crippen LogP contribution in [0, 0.1) is 6.92 Å². The number of halogens is 1. The number of carbonyl (C=O) groups excluding carboxylic acids is 1. The van der Waals surface area contributed by atoms with Crippen LogP contribution >= 0.6 is 11.6 Å². The second-order valence-corrected chi connectivity index (χ2v) is 4.73. The molecule has 0 spiro atoms. The Kier molecular flexibility index (Phi) is 3.41. The zero-order valence-corrected chi connectivity index (χ0v) is 11.7. The molecule has 8 heteroatoms. The molecule has 0 saturated carbocycles. The number of nitrogens with one attached hydrogen (secondary N) is 2. The lowest BCUT2D eigenvalue weighted by Gasteiger charge is -1.96. The van der Waals surface area contributed by atoms with Crippen molar-refractivity contribution >= 4 is 23.5 Å². The Morgan fingerprint density at radius 3 is 2.95 bits per heavy atom. The number of aryl methyl sites for hydroxylation is 1. The van der Waals surface area contributed by atoms with Gasteiger partial charge in [-0.2, -0.15) is 4.98 Å². The number of benzene rings is 1. The molecule has 0 saturated heterocycles. The van der Waals surface area contributed by atoms with Crippen LogP contribution in [0.2, 0.25) is 5.02 Å². The number of aromatic amines is 1. The number of H-pyrrole nitrogens is 1. The monoisotopic (exact) mass is 303 g/mol. The second kappa shape index (κ2) is 5.37. The average Bonchev–Trinajstić information content (AvgIpc) is 3.08. The van der Waals surface area contributed by atoms with Gasteiger partial charge in [0.2, 0.25) is 5.95 Å². The number of aromatic nitrogens is 4. The Hall–Kier alpha value is -2.67. The van der Waals surface area contributed by atoms with Gasteiger partial charge >= 0.3 is 0 Å². The van der Waals surface area contributed by atoms with Gasteiger partial charge in [-0.3, -0.25) is 15.2 Å². The van der Waals surface area contributed by atoms with Crippen LogP contribution in [-0.4, -0.2) is 26.2 Å². The van der Waals surface area contributed by atoms with Crippen molar-refractivity contribution in [3.8, 4) is 11.4 Å². The second-order valence-electron chi connectivity index (χ2n) is 4.29. The molecule has 7 nitrogen and oxygen atoms in total. The number of hydrogen-bond donors (Lipinski definition) is 2. The summed E-state index contributed by atoms with van der Waals surface area (Å²) in [6.45, 7) is 1.70. The largest absolute Gasteiger partial charge is 0.361 e. The van der Waals surface area contributed by atoms with Crippen molar-refractivity contribution in [3.63, 3.8) is 0 Å². The molecule has 0 atom stereocenters. The number of nitrogens with zero attached hydrogens (tertiary/aromatic N) is 3. The van der Waals surface area contributed by atoms with Gasteiger partial charge in [0.1, 0.15) is 5.76 Å². The minimum absolute atomic E-state index is 0.149. The molecule has 106 valence electrons. The molecule has 0 radical (unpaired) electrons. The summed E-state index contributed by atoms with van der Waals surface area (Å²) in [6.07, 6.45) is 0. The van der Waals surface area contributed by atoms with Crippen LogP contribution in [0.15, 0.2) is 34.9 Å². The Labute approximate surface area is 124 Å². The fourth-order valence-corrected chi connectivity index (χ4v) is 1.91. The van der Waals surface area contributed by atoms with Crippen molar-refractivity contribution in [2.75, 3.05) is 5.32 Å². The predicted octanol–water partition coefficient (Wildman–Crippen LogP) is 2.67. The summed E-state index contributed by atoms with van der Waals surface area (Å²) < 4.78 is 4.84. The van der Waals surface area contributed by atoms with E-state index in [0.29, 0.717) is 16.6 Å². The Morgan fingerprint density at radius 1 is 1.38 bits per heavy atom. The first kappa shape index (κ1) is 13.3. The third-order valence-electron chi connectivity index (χ3n) is 2.67. The maximum atomic E-state index is 11.9. The predicted molar refractivity (Wildman–Crippen MR) is 76.0 cm³/mol. The Balaban J connectivity index is 1.78. The normalized spacial score (nSPS) is 10.6. The first-order valence-electron chi connectivity index (χ1n) is 6.05. The maximum absolute atomic E-state index is 11.9. The van der Waals surface area contributed by atoms with Gasteiger partial charge in [0.25, 0.3) is 5.91 Å². The molecule has 21 heavy (non-hydrogen) atoms. The van der Waals surface area contributed by atoms with Gasteiger partial charge in [0.15, 0.2) is 11.5 Å². The zero-order valence-electron chi connectivity index (χ0n) is 10.9. The number of amides is 1. The van der Waals surface area contributed by atoms with E-state index in [9.17, 15) is 4.79 Å². The van der Waals surface area contributed by atoms with Crippen LogP contribution in [0.4, 0.5) is 5.95 Å². The number of rotatable bonds is 3. The van der Waals surface area contributed by atoms with E-state index in [1.165, 1.54) is 6.07 Å². The highest BCUT2D eigenvalue weighted by Gasteiger charge is 2.14. The molecular formula is C13H10ClN5O2. The van der Waals surface area contributed by atoms with E-state index in [1.54, 1.807) is 25.1 Å². The van der Waals surface area contributed by atoms with Crippen molar-refractivity contribution < 1.29 is 9.32 Å². The van der Waals surface area contributed by atoms with Crippen molar-refractivity contribution in [2.24, 2.45) is 0 Å². The van der Waals surface area contributed by atoms with Gasteiger partial charge in [0, 0.05) is 16.7 Å². The molecule has 3 aromatic rings. The molecule has 1 amide bonds. The van der Waals surface area contributed by atoms with E-state index in [4.69, 9.17) is 16.1 Å². The molecule has 0 bridgehead atoms.